The number of carbonyl (C=O) groups excluding carboxylic acids is 1. The van der Waals surface area contributed by atoms with Crippen molar-refractivity contribution >= 4 is 11.6 Å². The highest BCUT2D eigenvalue weighted by Crippen LogP contribution is 2.28. The van der Waals surface area contributed by atoms with Crippen molar-refractivity contribution in [2.45, 2.75) is 19.4 Å². The van der Waals surface area contributed by atoms with Crippen molar-refractivity contribution in [2.24, 2.45) is 0 Å². The average molecular weight is 348 g/mol. The molecule has 1 aliphatic rings. The van der Waals surface area contributed by atoms with Crippen LogP contribution in [-0.4, -0.2) is 34.6 Å². The smallest absolute Gasteiger partial charge is 0.248 e. The molecule has 0 bridgehead atoms. The standard InChI is InChI=1S/C20H20N4O2/c1-26-19-11-5-3-9-16(19)17-13-23(22-21-17)14-20(25)24-12-6-8-15-7-2-4-10-18(15)24/h2-5,7,9-11,13H,6,8,12,14H2,1H3. The molecule has 0 fully saturated rings. The highest BCUT2D eigenvalue weighted by Gasteiger charge is 2.22. The monoisotopic (exact) mass is 348 g/mol. The van der Waals surface area contributed by atoms with E-state index in [0.717, 1.165) is 36.4 Å². The Labute approximate surface area is 152 Å². The first-order valence-electron chi connectivity index (χ1n) is 8.68. The van der Waals surface area contributed by atoms with Gasteiger partial charge in [-0.3, -0.25) is 4.79 Å². The zero-order chi connectivity index (χ0) is 17.9. The third-order valence-corrected chi connectivity index (χ3v) is 4.63. The van der Waals surface area contributed by atoms with Gasteiger partial charge >= 0.3 is 0 Å². The molecule has 0 saturated carbocycles. The number of fused-ring (bicyclic) bond motifs is 1. The van der Waals surface area contributed by atoms with E-state index in [0.29, 0.717) is 5.69 Å². The van der Waals surface area contributed by atoms with Gasteiger partial charge in [0.05, 0.1) is 13.3 Å². The number of para-hydroxylation sites is 2. The average Bonchev–Trinajstić information content (AvgIpc) is 3.15. The number of nitrogens with zero attached hydrogens (tertiary/aromatic N) is 4. The molecule has 0 atom stereocenters. The van der Waals surface area contributed by atoms with E-state index in [9.17, 15) is 4.79 Å². The molecule has 1 amide bonds. The SMILES string of the molecule is COc1ccccc1-c1cn(CC(=O)N2CCCc3ccccc32)nn1. The molecule has 6 heteroatoms. The Morgan fingerprint density at radius 2 is 1.96 bits per heavy atom. The Hall–Kier alpha value is -3.15. The molecule has 1 aliphatic heterocycles. The maximum Gasteiger partial charge on any atom is 0.248 e. The first kappa shape index (κ1) is 16.3. The molecule has 0 spiro atoms. The van der Waals surface area contributed by atoms with Crippen LogP contribution in [0.3, 0.4) is 0 Å². The van der Waals surface area contributed by atoms with Crippen LogP contribution in [0.4, 0.5) is 5.69 Å². The minimum atomic E-state index is 0.0219. The maximum atomic E-state index is 12.8. The zero-order valence-corrected chi connectivity index (χ0v) is 14.6. The van der Waals surface area contributed by atoms with Crippen molar-refractivity contribution < 1.29 is 9.53 Å². The number of carbonyl (C=O) groups is 1. The van der Waals surface area contributed by atoms with E-state index in [1.807, 2.05) is 47.4 Å². The lowest BCUT2D eigenvalue weighted by Crippen LogP contribution is -2.37. The number of benzene rings is 2. The van der Waals surface area contributed by atoms with Gasteiger partial charge in [-0.15, -0.1) is 5.10 Å². The van der Waals surface area contributed by atoms with Gasteiger partial charge in [-0.25, -0.2) is 4.68 Å². The quantitative estimate of drug-likeness (QED) is 0.727. The third kappa shape index (κ3) is 3.06. The molecule has 6 nitrogen and oxygen atoms in total. The number of anilines is 1. The minimum absolute atomic E-state index is 0.0219. The minimum Gasteiger partial charge on any atom is -0.496 e. The van der Waals surface area contributed by atoms with Crippen molar-refractivity contribution in [1.29, 1.82) is 0 Å². The van der Waals surface area contributed by atoms with Crippen molar-refractivity contribution in [1.82, 2.24) is 15.0 Å². The highest BCUT2D eigenvalue weighted by atomic mass is 16.5. The summed E-state index contributed by atoms with van der Waals surface area (Å²) in [5.74, 6) is 0.754. The predicted molar refractivity (Wildman–Crippen MR) is 99.1 cm³/mol. The van der Waals surface area contributed by atoms with E-state index in [2.05, 4.69) is 16.4 Å². The number of hydrogen-bond donors (Lipinski definition) is 0. The van der Waals surface area contributed by atoms with Crippen LogP contribution in [0.1, 0.15) is 12.0 Å². The predicted octanol–water partition coefficient (Wildman–Crippen LogP) is 2.93. The van der Waals surface area contributed by atoms with E-state index in [4.69, 9.17) is 4.74 Å². The van der Waals surface area contributed by atoms with Crippen molar-refractivity contribution in [2.75, 3.05) is 18.6 Å². The lowest BCUT2D eigenvalue weighted by molar-refractivity contribution is -0.119. The maximum absolute atomic E-state index is 12.8. The van der Waals surface area contributed by atoms with Crippen molar-refractivity contribution in [3.05, 3.63) is 60.3 Å². The summed E-state index contributed by atoms with van der Waals surface area (Å²) in [5, 5.41) is 8.32. The van der Waals surface area contributed by atoms with Gasteiger partial charge in [0.1, 0.15) is 18.0 Å². The number of amides is 1. The van der Waals surface area contributed by atoms with E-state index >= 15 is 0 Å². The lowest BCUT2D eigenvalue weighted by Gasteiger charge is -2.29. The summed E-state index contributed by atoms with van der Waals surface area (Å²) < 4.78 is 6.96. The summed E-state index contributed by atoms with van der Waals surface area (Å²) in [6.45, 7) is 0.903. The molecule has 2 heterocycles. The molecule has 1 aromatic heterocycles. The van der Waals surface area contributed by atoms with Gasteiger partial charge in [0, 0.05) is 17.8 Å². The molecule has 2 aromatic carbocycles. The van der Waals surface area contributed by atoms with Gasteiger partial charge < -0.3 is 9.64 Å². The van der Waals surface area contributed by atoms with Crippen LogP contribution >= 0.6 is 0 Å². The lowest BCUT2D eigenvalue weighted by atomic mass is 10.0. The molecule has 0 unspecified atom stereocenters. The Balaban J connectivity index is 1.54. The second-order valence-electron chi connectivity index (χ2n) is 6.28. The van der Waals surface area contributed by atoms with Crippen LogP contribution in [0.25, 0.3) is 11.3 Å². The van der Waals surface area contributed by atoms with Gasteiger partial charge in [-0.1, -0.05) is 35.5 Å². The molecular weight excluding hydrogens is 328 g/mol. The van der Waals surface area contributed by atoms with Gasteiger partial charge in [-0.05, 0) is 36.6 Å². The molecular formula is C20H20N4O2. The number of methoxy groups -OCH3 is 1. The van der Waals surface area contributed by atoms with Crippen LogP contribution < -0.4 is 9.64 Å². The molecule has 132 valence electrons. The number of ether oxygens (including phenoxy) is 1. The van der Waals surface area contributed by atoms with Crippen LogP contribution in [0.2, 0.25) is 0 Å². The largest absolute Gasteiger partial charge is 0.496 e. The van der Waals surface area contributed by atoms with E-state index in [-0.39, 0.29) is 12.5 Å². The van der Waals surface area contributed by atoms with E-state index in [1.54, 1.807) is 18.0 Å². The fourth-order valence-electron chi connectivity index (χ4n) is 3.37. The Morgan fingerprint density at radius 3 is 2.85 bits per heavy atom. The molecule has 26 heavy (non-hydrogen) atoms. The molecule has 0 N–H and O–H groups in total. The van der Waals surface area contributed by atoms with Gasteiger partial charge in [-0.2, -0.15) is 0 Å². The Morgan fingerprint density at radius 1 is 1.15 bits per heavy atom. The topological polar surface area (TPSA) is 60.2 Å². The van der Waals surface area contributed by atoms with Gasteiger partial charge in [0.15, 0.2) is 0 Å². The first-order chi connectivity index (χ1) is 12.8. The number of aryl methyl sites for hydroxylation is 1. The number of aromatic nitrogens is 3. The molecule has 0 radical (unpaired) electrons. The van der Waals surface area contributed by atoms with E-state index in [1.165, 1.54) is 5.56 Å². The zero-order valence-electron chi connectivity index (χ0n) is 14.6. The van der Waals surface area contributed by atoms with Crippen molar-refractivity contribution in [3.8, 4) is 17.0 Å². The molecule has 4 rings (SSSR count). The summed E-state index contributed by atoms with van der Waals surface area (Å²) in [5.41, 5.74) is 3.78. The Kier molecular flexibility index (Phi) is 4.39. The van der Waals surface area contributed by atoms with Crippen LogP contribution in [-0.2, 0) is 17.8 Å². The van der Waals surface area contributed by atoms with Gasteiger partial charge in [0.25, 0.3) is 0 Å². The van der Waals surface area contributed by atoms with E-state index < -0.39 is 0 Å². The van der Waals surface area contributed by atoms with Crippen LogP contribution in [0, 0.1) is 0 Å². The third-order valence-electron chi connectivity index (χ3n) is 4.63. The summed E-state index contributed by atoms with van der Waals surface area (Å²) in [7, 11) is 1.63. The van der Waals surface area contributed by atoms with Gasteiger partial charge in [0.2, 0.25) is 5.91 Å². The molecule has 0 saturated heterocycles. The normalized spacial score (nSPS) is 13.3. The summed E-state index contributed by atoms with van der Waals surface area (Å²) in [4.78, 5) is 14.7. The number of rotatable bonds is 4. The van der Waals surface area contributed by atoms with Crippen LogP contribution in [0.5, 0.6) is 5.75 Å². The van der Waals surface area contributed by atoms with Crippen molar-refractivity contribution in [3.63, 3.8) is 0 Å². The number of hydrogen-bond acceptors (Lipinski definition) is 4. The van der Waals surface area contributed by atoms with Crippen LogP contribution in [0.15, 0.2) is 54.7 Å². The molecule has 3 aromatic rings. The molecule has 0 aliphatic carbocycles. The summed E-state index contributed by atoms with van der Waals surface area (Å²) in [6.07, 6.45) is 3.78. The Bertz CT molecular complexity index is 935. The summed E-state index contributed by atoms with van der Waals surface area (Å²) >= 11 is 0. The fourth-order valence-corrected chi connectivity index (χ4v) is 3.37. The fraction of sp³-hybridized carbons (Fsp3) is 0.250. The second kappa shape index (κ2) is 7.00. The highest BCUT2D eigenvalue weighted by molar-refractivity contribution is 5.94. The summed E-state index contributed by atoms with van der Waals surface area (Å²) in [6, 6.07) is 15.7. The second-order valence-corrected chi connectivity index (χ2v) is 6.28. The first-order valence-corrected chi connectivity index (χ1v) is 8.68.